The minimum Gasteiger partial charge on any atom is -0.508 e. The first kappa shape index (κ1) is 16.3. The highest BCUT2D eigenvalue weighted by atomic mass is 16.5. The lowest BCUT2D eigenvalue weighted by atomic mass is 9.87. The minimum atomic E-state index is -1.43. The maximum atomic E-state index is 12.0. The summed E-state index contributed by atoms with van der Waals surface area (Å²) in [4.78, 5) is 23.3. The third kappa shape index (κ3) is 3.76. The molecule has 2 unspecified atom stereocenters. The predicted octanol–water partition coefficient (Wildman–Crippen LogP) is 1.20. The second-order valence-electron chi connectivity index (χ2n) is 5.32. The molecule has 0 spiro atoms. The van der Waals surface area contributed by atoms with Crippen LogP contribution in [-0.2, 0) is 20.7 Å². The number of amides is 1. The van der Waals surface area contributed by atoms with Gasteiger partial charge in [0.15, 0.2) is 0 Å². The van der Waals surface area contributed by atoms with Crippen LogP contribution in [-0.4, -0.2) is 34.8 Å². The zero-order valence-electron chi connectivity index (χ0n) is 12.5. The van der Waals surface area contributed by atoms with Crippen LogP contribution < -0.4 is 5.32 Å². The number of phenolic OH excluding ortho intramolecular Hbond substituents is 1. The van der Waals surface area contributed by atoms with Crippen molar-refractivity contribution in [2.75, 3.05) is 6.61 Å². The molecule has 0 aliphatic heterocycles. The second-order valence-corrected chi connectivity index (χ2v) is 5.32. The minimum absolute atomic E-state index is 0.211. The number of phenols is 1. The van der Waals surface area contributed by atoms with Crippen LogP contribution in [0.5, 0.6) is 5.75 Å². The zero-order valence-corrected chi connectivity index (χ0v) is 12.5. The van der Waals surface area contributed by atoms with Crippen LogP contribution in [0.1, 0.15) is 43.4 Å². The molecule has 0 aromatic heterocycles. The Morgan fingerprint density at radius 2 is 2.23 bits per heavy atom. The standard InChI is InChI=1S/C16H21NO5/c1-2-22-15(20)9-14(19)16(21)17-12-7-3-6-11-10(12)5-4-8-13(11)18/h4-5,8,12,14,18-19H,2-3,6-7,9H2,1H3,(H,17,21). The van der Waals surface area contributed by atoms with Crippen molar-refractivity contribution in [1.29, 1.82) is 0 Å². The summed E-state index contributed by atoms with van der Waals surface area (Å²) in [6.07, 6.45) is 0.540. The molecular weight excluding hydrogens is 286 g/mol. The van der Waals surface area contributed by atoms with Gasteiger partial charge in [-0.3, -0.25) is 9.59 Å². The van der Waals surface area contributed by atoms with Gasteiger partial charge in [0.1, 0.15) is 11.9 Å². The van der Waals surface area contributed by atoms with Crippen molar-refractivity contribution in [1.82, 2.24) is 5.32 Å². The van der Waals surface area contributed by atoms with Gasteiger partial charge < -0.3 is 20.3 Å². The van der Waals surface area contributed by atoms with Gasteiger partial charge in [0.25, 0.3) is 0 Å². The number of hydrogen-bond acceptors (Lipinski definition) is 5. The number of carbonyl (C=O) groups is 2. The van der Waals surface area contributed by atoms with E-state index in [1.54, 1.807) is 19.1 Å². The lowest BCUT2D eigenvalue weighted by Gasteiger charge is -2.27. The number of hydrogen-bond donors (Lipinski definition) is 3. The molecule has 0 radical (unpaired) electrons. The SMILES string of the molecule is CCOC(=O)CC(O)C(=O)NC1CCCc2c(O)cccc21. The van der Waals surface area contributed by atoms with Gasteiger partial charge in [0.2, 0.25) is 5.91 Å². The number of aliphatic hydroxyl groups is 1. The number of nitrogens with one attached hydrogen (secondary N) is 1. The highest BCUT2D eigenvalue weighted by molar-refractivity contribution is 5.85. The maximum absolute atomic E-state index is 12.0. The third-order valence-electron chi connectivity index (χ3n) is 3.77. The smallest absolute Gasteiger partial charge is 0.308 e. The van der Waals surface area contributed by atoms with E-state index >= 15 is 0 Å². The van der Waals surface area contributed by atoms with Crippen LogP contribution in [0.4, 0.5) is 0 Å². The number of carbonyl (C=O) groups excluding carboxylic acids is 2. The van der Waals surface area contributed by atoms with E-state index in [4.69, 9.17) is 4.74 Å². The lowest BCUT2D eigenvalue weighted by Crippen LogP contribution is -2.39. The molecule has 6 nitrogen and oxygen atoms in total. The van der Waals surface area contributed by atoms with E-state index < -0.39 is 18.0 Å². The van der Waals surface area contributed by atoms with Gasteiger partial charge in [0.05, 0.1) is 19.1 Å². The summed E-state index contributed by atoms with van der Waals surface area (Å²) in [5.74, 6) is -0.982. The Morgan fingerprint density at radius 3 is 2.95 bits per heavy atom. The van der Waals surface area contributed by atoms with Gasteiger partial charge in [-0.15, -0.1) is 0 Å². The van der Waals surface area contributed by atoms with Gasteiger partial charge in [-0.05, 0) is 43.4 Å². The fourth-order valence-electron chi connectivity index (χ4n) is 2.72. The molecule has 1 aliphatic carbocycles. The van der Waals surface area contributed by atoms with Crippen molar-refractivity contribution in [2.24, 2.45) is 0 Å². The van der Waals surface area contributed by atoms with Gasteiger partial charge >= 0.3 is 5.97 Å². The molecule has 3 N–H and O–H groups in total. The molecule has 1 aliphatic rings. The van der Waals surface area contributed by atoms with Gasteiger partial charge in [-0.2, -0.15) is 0 Å². The molecule has 0 heterocycles. The molecule has 2 atom stereocenters. The lowest BCUT2D eigenvalue weighted by molar-refractivity contribution is -0.148. The van der Waals surface area contributed by atoms with Crippen molar-refractivity contribution in [3.8, 4) is 5.75 Å². The van der Waals surface area contributed by atoms with Gasteiger partial charge in [-0.25, -0.2) is 0 Å². The number of ether oxygens (including phenoxy) is 1. The van der Waals surface area contributed by atoms with E-state index in [1.165, 1.54) is 0 Å². The summed E-state index contributed by atoms with van der Waals surface area (Å²) < 4.78 is 4.71. The first-order valence-electron chi connectivity index (χ1n) is 7.47. The number of aliphatic hydroxyl groups excluding tert-OH is 1. The Morgan fingerprint density at radius 1 is 1.45 bits per heavy atom. The summed E-state index contributed by atoms with van der Waals surface area (Å²) in [6.45, 7) is 1.87. The average Bonchev–Trinajstić information content (AvgIpc) is 2.48. The van der Waals surface area contributed by atoms with E-state index in [9.17, 15) is 19.8 Å². The summed E-state index contributed by atoms with van der Waals surface area (Å²) in [5.41, 5.74) is 1.70. The topological polar surface area (TPSA) is 95.9 Å². The van der Waals surface area contributed by atoms with Crippen LogP contribution in [0, 0.1) is 0 Å². The van der Waals surface area contributed by atoms with Crippen molar-refractivity contribution in [2.45, 2.75) is 44.8 Å². The third-order valence-corrected chi connectivity index (χ3v) is 3.77. The Hall–Kier alpha value is -2.08. The van der Waals surface area contributed by atoms with Crippen LogP contribution in [0.15, 0.2) is 18.2 Å². The molecule has 0 bridgehead atoms. The maximum Gasteiger partial charge on any atom is 0.308 e. The summed E-state index contributed by atoms with van der Waals surface area (Å²) in [5, 5.41) is 22.4. The molecular formula is C16H21NO5. The van der Waals surface area contributed by atoms with Gasteiger partial charge in [0, 0.05) is 0 Å². The van der Waals surface area contributed by atoms with Crippen molar-refractivity contribution in [3.63, 3.8) is 0 Å². The van der Waals surface area contributed by atoms with Gasteiger partial charge in [-0.1, -0.05) is 12.1 Å². The number of esters is 1. The molecule has 1 aromatic rings. The Bertz CT molecular complexity index is 557. The zero-order chi connectivity index (χ0) is 16.1. The molecule has 0 fully saturated rings. The second kappa shape index (κ2) is 7.26. The van der Waals surface area contributed by atoms with Crippen LogP contribution in [0.25, 0.3) is 0 Å². The van der Waals surface area contributed by atoms with Crippen LogP contribution in [0.3, 0.4) is 0 Å². The first-order chi connectivity index (χ1) is 10.5. The summed E-state index contributed by atoms with van der Waals surface area (Å²) in [6, 6.07) is 4.95. The Balaban J connectivity index is 2.01. The Kier molecular flexibility index (Phi) is 5.38. The summed E-state index contributed by atoms with van der Waals surface area (Å²) >= 11 is 0. The normalized spacial score (nSPS) is 18.2. The van der Waals surface area contributed by atoms with E-state index in [0.29, 0.717) is 0 Å². The number of aromatic hydroxyl groups is 1. The average molecular weight is 307 g/mol. The van der Waals surface area contributed by atoms with E-state index in [-0.39, 0.29) is 24.8 Å². The van der Waals surface area contributed by atoms with Crippen LogP contribution >= 0.6 is 0 Å². The van der Waals surface area contributed by atoms with Crippen molar-refractivity contribution < 1.29 is 24.5 Å². The van der Waals surface area contributed by atoms with Crippen molar-refractivity contribution in [3.05, 3.63) is 29.3 Å². The quantitative estimate of drug-likeness (QED) is 0.710. The molecule has 22 heavy (non-hydrogen) atoms. The largest absolute Gasteiger partial charge is 0.508 e. The highest BCUT2D eigenvalue weighted by Crippen LogP contribution is 2.34. The fourth-order valence-corrected chi connectivity index (χ4v) is 2.72. The molecule has 0 saturated heterocycles. The van der Waals surface area contributed by atoms with E-state index in [0.717, 1.165) is 30.4 Å². The first-order valence-corrected chi connectivity index (χ1v) is 7.47. The predicted molar refractivity (Wildman–Crippen MR) is 79.2 cm³/mol. The van der Waals surface area contributed by atoms with E-state index in [2.05, 4.69) is 5.32 Å². The van der Waals surface area contributed by atoms with E-state index in [1.807, 2.05) is 6.07 Å². The Labute approximate surface area is 129 Å². The number of fused-ring (bicyclic) bond motifs is 1. The molecule has 0 saturated carbocycles. The highest BCUT2D eigenvalue weighted by Gasteiger charge is 2.27. The summed E-state index contributed by atoms with van der Waals surface area (Å²) in [7, 11) is 0. The molecule has 120 valence electrons. The number of benzene rings is 1. The van der Waals surface area contributed by atoms with Crippen LogP contribution in [0.2, 0.25) is 0 Å². The molecule has 1 aromatic carbocycles. The van der Waals surface area contributed by atoms with Crippen molar-refractivity contribution >= 4 is 11.9 Å². The number of rotatable bonds is 5. The molecule has 6 heteroatoms. The monoisotopic (exact) mass is 307 g/mol. The molecule has 1 amide bonds. The fraction of sp³-hybridized carbons (Fsp3) is 0.500. The molecule has 2 rings (SSSR count).